The number of hydrogen-bond acceptors (Lipinski definition) is 2. The van der Waals surface area contributed by atoms with Crippen molar-refractivity contribution < 1.29 is 9.90 Å². The van der Waals surface area contributed by atoms with Crippen molar-refractivity contribution in [1.82, 2.24) is 0 Å². The van der Waals surface area contributed by atoms with Gasteiger partial charge in [-0.15, -0.1) is 0 Å². The van der Waals surface area contributed by atoms with Crippen LogP contribution in [0.1, 0.15) is 25.3 Å². The van der Waals surface area contributed by atoms with Crippen LogP contribution in [-0.2, 0) is 4.79 Å². The SMILES string of the molecule is Cc1ccc(Br)cc1NC(C)CCC(=O)O. The second-order valence-corrected chi connectivity index (χ2v) is 4.85. The number of anilines is 1. The van der Waals surface area contributed by atoms with E-state index in [1.165, 1.54) is 0 Å². The van der Waals surface area contributed by atoms with E-state index < -0.39 is 5.97 Å². The van der Waals surface area contributed by atoms with Gasteiger partial charge in [-0.1, -0.05) is 22.0 Å². The summed E-state index contributed by atoms with van der Waals surface area (Å²) in [5.41, 5.74) is 2.21. The summed E-state index contributed by atoms with van der Waals surface area (Å²) in [4.78, 5) is 10.4. The number of carboxylic acids is 1. The Bertz CT molecular complexity index is 379. The van der Waals surface area contributed by atoms with Gasteiger partial charge < -0.3 is 10.4 Å². The highest BCUT2D eigenvalue weighted by molar-refractivity contribution is 9.10. The minimum atomic E-state index is -0.750. The average Bonchev–Trinajstić information content (AvgIpc) is 2.20. The van der Waals surface area contributed by atoms with E-state index in [-0.39, 0.29) is 12.5 Å². The van der Waals surface area contributed by atoms with Crippen molar-refractivity contribution in [3.8, 4) is 0 Å². The molecule has 1 atom stereocenters. The summed E-state index contributed by atoms with van der Waals surface area (Å²) >= 11 is 3.41. The molecule has 0 heterocycles. The molecule has 16 heavy (non-hydrogen) atoms. The van der Waals surface area contributed by atoms with Crippen LogP contribution in [0, 0.1) is 6.92 Å². The topological polar surface area (TPSA) is 49.3 Å². The van der Waals surface area contributed by atoms with Crippen LogP contribution in [0.5, 0.6) is 0 Å². The molecule has 3 nitrogen and oxygen atoms in total. The van der Waals surface area contributed by atoms with Crippen LogP contribution in [-0.4, -0.2) is 17.1 Å². The second kappa shape index (κ2) is 5.89. The summed E-state index contributed by atoms with van der Waals surface area (Å²) in [5.74, 6) is -0.750. The molecule has 0 saturated carbocycles. The summed E-state index contributed by atoms with van der Waals surface area (Å²) in [6, 6.07) is 6.18. The lowest BCUT2D eigenvalue weighted by molar-refractivity contribution is -0.137. The molecule has 1 aromatic carbocycles. The number of carboxylic acid groups (broad SMARTS) is 1. The van der Waals surface area contributed by atoms with E-state index in [1.54, 1.807) is 0 Å². The van der Waals surface area contributed by atoms with Crippen molar-refractivity contribution in [1.29, 1.82) is 0 Å². The van der Waals surface area contributed by atoms with Gasteiger partial charge in [0.1, 0.15) is 0 Å². The highest BCUT2D eigenvalue weighted by Crippen LogP contribution is 2.21. The van der Waals surface area contributed by atoms with Crippen molar-refractivity contribution in [2.45, 2.75) is 32.7 Å². The zero-order chi connectivity index (χ0) is 12.1. The fourth-order valence-electron chi connectivity index (χ4n) is 1.43. The highest BCUT2D eigenvalue weighted by atomic mass is 79.9. The third kappa shape index (κ3) is 4.23. The lowest BCUT2D eigenvalue weighted by atomic mass is 10.1. The Morgan fingerprint density at radius 3 is 2.88 bits per heavy atom. The first-order chi connectivity index (χ1) is 7.49. The smallest absolute Gasteiger partial charge is 0.303 e. The Balaban J connectivity index is 2.58. The second-order valence-electron chi connectivity index (χ2n) is 3.94. The lowest BCUT2D eigenvalue weighted by Crippen LogP contribution is -2.17. The van der Waals surface area contributed by atoms with Gasteiger partial charge in [0.25, 0.3) is 0 Å². The molecule has 0 radical (unpaired) electrons. The molecule has 0 aliphatic carbocycles. The number of aliphatic carboxylic acids is 1. The maximum Gasteiger partial charge on any atom is 0.303 e. The monoisotopic (exact) mass is 285 g/mol. The van der Waals surface area contributed by atoms with E-state index in [2.05, 4.69) is 21.2 Å². The number of carbonyl (C=O) groups is 1. The van der Waals surface area contributed by atoms with E-state index >= 15 is 0 Å². The van der Waals surface area contributed by atoms with Crippen molar-refractivity contribution in [2.24, 2.45) is 0 Å². The molecule has 0 saturated heterocycles. The quantitative estimate of drug-likeness (QED) is 0.872. The van der Waals surface area contributed by atoms with E-state index in [0.29, 0.717) is 6.42 Å². The minimum absolute atomic E-state index is 0.157. The number of halogens is 1. The lowest BCUT2D eigenvalue weighted by Gasteiger charge is -2.16. The highest BCUT2D eigenvalue weighted by Gasteiger charge is 2.07. The first kappa shape index (κ1) is 13.0. The number of benzene rings is 1. The summed E-state index contributed by atoms with van der Waals surface area (Å²) in [6.07, 6.45) is 0.822. The predicted molar refractivity (Wildman–Crippen MR) is 68.8 cm³/mol. The van der Waals surface area contributed by atoms with Crippen LogP contribution in [0.2, 0.25) is 0 Å². The van der Waals surface area contributed by atoms with Crippen molar-refractivity contribution >= 4 is 27.6 Å². The maximum absolute atomic E-state index is 10.4. The number of rotatable bonds is 5. The molecular formula is C12H16BrNO2. The maximum atomic E-state index is 10.4. The van der Waals surface area contributed by atoms with Crippen LogP contribution < -0.4 is 5.32 Å². The molecule has 0 amide bonds. The molecule has 2 N–H and O–H groups in total. The van der Waals surface area contributed by atoms with E-state index in [9.17, 15) is 4.79 Å². The van der Waals surface area contributed by atoms with Crippen LogP contribution in [0.4, 0.5) is 5.69 Å². The molecule has 0 aromatic heterocycles. The number of aryl methyl sites for hydroxylation is 1. The Kier molecular flexibility index (Phi) is 4.80. The molecule has 88 valence electrons. The van der Waals surface area contributed by atoms with Gasteiger partial charge in [-0.3, -0.25) is 4.79 Å². The molecule has 1 unspecified atom stereocenters. The van der Waals surface area contributed by atoms with E-state index in [0.717, 1.165) is 15.7 Å². The Morgan fingerprint density at radius 2 is 2.25 bits per heavy atom. The van der Waals surface area contributed by atoms with Crippen molar-refractivity contribution in [3.63, 3.8) is 0 Å². The zero-order valence-electron chi connectivity index (χ0n) is 9.46. The van der Waals surface area contributed by atoms with Crippen LogP contribution in [0.3, 0.4) is 0 Å². The normalized spacial score (nSPS) is 12.2. The summed E-state index contributed by atoms with van der Waals surface area (Å²) in [5, 5.41) is 11.9. The molecule has 0 aliphatic rings. The zero-order valence-corrected chi connectivity index (χ0v) is 11.0. The third-order valence-corrected chi connectivity index (χ3v) is 2.89. The third-order valence-electron chi connectivity index (χ3n) is 2.39. The first-order valence-electron chi connectivity index (χ1n) is 5.23. The fraction of sp³-hybridized carbons (Fsp3) is 0.417. The van der Waals surface area contributed by atoms with Crippen molar-refractivity contribution in [3.05, 3.63) is 28.2 Å². The molecule has 0 aliphatic heterocycles. The van der Waals surface area contributed by atoms with Gasteiger partial charge in [-0.2, -0.15) is 0 Å². The van der Waals surface area contributed by atoms with E-state index in [1.807, 2.05) is 32.0 Å². The van der Waals surface area contributed by atoms with Gasteiger partial charge in [0, 0.05) is 22.6 Å². The summed E-state index contributed by atoms with van der Waals surface area (Å²) < 4.78 is 1.02. The number of hydrogen-bond donors (Lipinski definition) is 2. The predicted octanol–water partition coefficient (Wildman–Crippen LogP) is 3.42. The Morgan fingerprint density at radius 1 is 1.56 bits per heavy atom. The van der Waals surface area contributed by atoms with Gasteiger partial charge in [0.05, 0.1) is 0 Å². The van der Waals surface area contributed by atoms with Gasteiger partial charge >= 0.3 is 5.97 Å². The molecule has 0 spiro atoms. The largest absolute Gasteiger partial charge is 0.481 e. The van der Waals surface area contributed by atoms with Crippen LogP contribution in [0.15, 0.2) is 22.7 Å². The molecule has 0 fully saturated rings. The summed E-state index contributed by atoms with van der Waals surface area (Å²) in [7, 11) is 0. The summed E-state index contributed by atoms with van der Waals surface area (Å²) in [6.45, 7) is 4.02. The van der Waals surface area contributed by atoms with Gasteiger partial charge in [0.15, 0.2) is 0 Å². The van der Waals surface area contributed by atoms with Gasteiger partial charge in [0.2, 0.25) is 0 Å². The van der Waals surface area contributed by atoms with Crippen LogP contribution >= 0.6 is 15.9 Å². The molecular weight excluding hydrogens is 270 g/mol. The van der Waals surface area contributed by atoms with Gasteiger partial charge in [-0.05, 0) is 38.0 Å². The van der Waals surface area contributed by atoms with Gasteiger partial charge in [-0.25, -0.2) is 0 Å². The van der Waals surface area contributed by atoms with Crippen LogP contribution in [0.25, 0.3) is 0 Å². The molecule has 0 bridgehead atoms. The molecule has 1 aromatic rings. The molecule has 4 heteroatoms. The standard InChI is InChI=1S/C12H16BrNO2/c1-8-3-5-10(13)7-11(8)14-9(2)4-6-12(15)16/h3,5,7,9,14H,4,6H2,1-2H3,(H,15,16). The minimum Gasteiger partial charge on any atom is -0.481 e. The average molecular weight is 286 g/mol. The first-order valence-corrected chi connectivity index (χ1v) is 6.03. The fourth-order valence-corrected chi connectivity index (χ4v) is 1.79. The van der Waals surface area contributed by atoms with Crippen molar-refractivity contribution in [2.75, 3.05) is 5.32 Å². The molecule has 1 rings (SSSR count). The van der Waals surface area contributed by atoms with E-state index in [4.69, 9.17) is 5.11 Å². The Labute approximate surface area is 104 Å². The Hall–Kier alpha value is -1.03. The number of nitrogens with one attached hydrogen (secondary N) is 1.